The highest BCUT2D eigenvalue weighted by atomic mass is 15.1. The lowest BCUT2D eigenvalue weighted by Gasteiger charge is -2.15. The molecule has 0 bridgehead atoms. The van der Waals surface area contributed by atoms with E-state index in [-0.39, 0.29) is 0 Å². The first kappa shape index (κ1) is 11.3. The lowest BCUT2D eigenvalue weighted by molar-refractivity contribution is 0.695. The molecular weight excluding hydrogens is 224 g/mol. The predicted molar refractivity (Wildman–Crippen MR) is 74.1 cm³/mol. The molecule has 94 valence electrons. The van der Waals surface area contributed by atoms with Gasteiger partial charge in [-0.3, -0.25) is 9.98 Å². The Morgan fingerprint density at radius 3 is 1.50 bits per heavy atom. The van der Waals surface area contributed by atoms with Crippen molar-refractivity contribution in [3.63, 3.8) is 0 Å². The first-order chi connectivity index (χ1) is 8.72. The summed E-state index contributed by atoms with van der Waals surface area (Å²) in [5.41, 5.74) is 2.60. The molecule has 2 aliphatic rings. The van der Waals surface area contributed by atoms with Crippen molar-refractivity contribution in [1.29, 1.82) is 0 Å². The topological polar surface area (TPSA) is 48.8 Å². The van der Waals surface area contributed by atoms with Crippen LogP contribution in [0.15, 0.2) is 34.3 Å². The minimum Gasteiger partial charge on any atom is -0.365 e. The minimum atomic E-state index is 0.341. The van der Waals surface area contributed by atoms with Crippen LogP contribution in [0.5, 0.6) is 0 Å². The molecule has 2 heterocycles. The average Bonchev–Trinajstić information content (AvgIpc) is 2.98. The molecule has 2 N–H and O–H groups in total. The SMILES string of the molecule is CC1=NCC(c2ccc(C3CN=C(C)N3)cc2)N1. The van der Waals surface area contributed by atoms with Gasteiger partial charge in [0.05, 0.1) is 36.8 Å². The summed E-state index contributed by atoms with van der Waals surface area (Å²) in [5, 5.41) is 6.76. The lowest BCUT2D eigenvalue weighted by Crippen LogP contribution is -2.22. The van der Waals surface area contributed by atoms with E-state index in [1.807, 2.05) is 13.8 Å². The standard InChI is InChI=1S/C14H18N4/c1-9-15-7-13(17-9)11-3-5-12(6-4-11)14-8-16-10(2)18-14/h3-6,13-14H,7-8H2,1-2H3,(H,15,17)(H,16,18). The molecule has 4 heteroatoms. The van der Waals surface area contributed by atoms with E-state index in [0.29, 0.717) is 12.1 Å². The first-order valence-electron chi connectivity index (χ1n) is 6.37. The van der Waals surface area contributed by atoms with Crippen LogP contribution in [0.25, 0.3) is 0 Å². The molecule has 0 fully saturated rings. The third-order valence-electron chi connectivity index (χ3n) is 3.53. The second kappa shape index (κ2) is 4.44. The van der Waals surface area contributed by atoms with E-state index in [0.717, 1.165) is 24.8 Å². The molecule has 0 spiro atoms. The van der Waals surface area contributed by atoms with Crippen molar-refractivity contribution in [3.05, 3.63) is 35.4 Å². The lowest BCUT2D eigenvalue weighted by atomic mass is 10.0. The molecule has 3 rings (SSSR count). The highest BCUT2D eigenvalue weighted by Crippen LogP contribution is 2.22. The van der Waals surface area contributed by atoms with E-state index in [1.165, 1.54) is 11.1 Å². The zero-order valence-corrected chi connectivity index (χ0v) is 10.8. The van der Waals surface area contributed by atoms with Crippen LogP contribution < -0.4 is 10.6 Å². The van der Waals surface area contributed by atoms with Crippen molar-refractivity contribution < 1.29 is 0 Å². The number of amidine groups is 2. The zero-order valence-electron chi connectivity index (χ0n) is 10.8. The molecule has 0 aliphatic carbocycles. The Morgan fingerprint density at radius 2 is 1.22 bits per heavy atom. The number of benzene rings is 1. The number of hydrogen-bond donors (Lipinski definition) is 2. The van der Waals surface area contributed by atoms with Crippen molar-refractivity contribution >= 4 is 11.7 Å². The first-order valence-corrected chi connectivity index (χ1v) is 6.37. The molecule has 1 aromatic carbocycles. The monoisotopic (exact) mass is 242 g/mol. The van der Waals surface area contributed by atoms with E-state index in [4.69, 9.17) is 0 Å². The van der Waals surface area contributed by atoms with Crippen LogP contribution in [0.1, 0.15) is 37.1 Å². The maximum atomic E-state index is 4.38. The van der Waals surface area contributed by atoms with Crippen molar-refractivity contribution in [3.8, 4) is 0 Å². The fourth-order valence-corrected chi connectivity index (χ4v) is 2.48. The van der Waals surface area contributed by atoms with Gasteiger partial charge in [-0.05, 0) is 25.0 Å². The van der Waals surface area contributed by atoms with Gasteiger partial charge in [0, 0.05) is 0 Å². The van der Waals surface area contributed by atoms with Gasteiger partial charge in [0.25, 0.3) is 0 Å². The highest BCUT2D eigenvalue weighted by molar-refractivity contribution is 5.82. The van der Waals surface area contributed by atoms with Crippen LogP contribution in [-0.4, -0.2) is 24.8 Å². The Morgan fingerprint density at radius 1 is 0.833 bits per heavy atom. The third-order valence-corrected chi connectivity index (χ3v) is 3.53. The minimum absolute atomic E-state index is 0.341. The molecule has 18 heavy (non-hydrogen) atoms. The van der Waals surface area contributed by atoms with Crippen LogP contribution in [0.4, 0.5) is 0 Å². The summed E-state index contributed by atoms with van der Waals surface area (Å²) in [4.78, 5) is 8.76. The molecule has 0 aromatic heterocycles. The van der Waals surface area contributed by atoms with Gasteiger partial charge in [-0.1, -0.05) is 24.3 Å². The molecule has 2 aliphatic heterocycles. The quantitative estimate of drug-likeness (QED) is 0.831. The van der Waals surface area contributed by atoms with Crippen LogP contribution in [0.2, 0.25) is 0 Å². The van der Waals surface area contributed by atoms with Crippen LogP contribution in [0.3, 0.4) is 0 Å². The predicted octanol–water partition coefficient (Wildman–Crippen LogP) is 1.81. The maximum Gasteiger partial charge on any atom is 0.0938 e. The Kier molecular flexibility index (Phi) is 2.78. The molecule has 0 amide bonds. The number of hydrogen-bond acceptors (Lipinski definition) is 4. The Bertz CT molecular complexity index is 454. The largest absolute Gasteiger partial charge is 0.365 e. The molecule has 4 nitrogen and oxygen atoms in total. The molecule has 2 atom stereocenters. The fraction of sp³-hybridized carbons (Fsp3) is 0.429. The van der Waals surface area contributed by atoms with E-state index < -0.39 is 0 Å². The zero-order chi connectivity index (χ0) is 12.5. The molecule has 1 aromatic rings. The van der Waals surface area contributed by atoms with Gasteiger partial charge >= 0.3 is 0 Å². The van der Waals surface area contributed by atoms with Gasteiger partial charge in [0.15, 0.2) is 0 Å². The van der Waals surface area contributed by atoms with Gasteiger partial charge < -0.3 is 10.6 Å². The Balaban J connectivity index is 1.70. The van der Waals surface area contributed by atoms with Gasteiger partial charge in [-0.15, -0.1) is 0 Å². The summed E-state index contributed by atoms with van der Waals surface area (Å²) in [5.74, 6) is 2.07. The number of aliphatic imine (C=N–C) groups is 2. The maximum absolute atomic E-state index is 4.38. The number of nitrogens with zero attached hydrogens (tertiary/aromatic N) is 2. The van der Waals surface area contributed by atoms with E-state index >= 15 is 0 Å². The molecular formula is C14H18N4. The summed E-state index contributed by atoms with van der Waals surface area (Å²) >= 11 is 0. The third kappa shape index (κ3) is 2.10. The second-order valence-corrected chi connectivity index (χ2v) is 4.91. The highest BCUT2D eigenvalue weighted by Gasteiger charge is 2.19. The van der Waals surface area contributed by atoms with Crippen LogP contribution in [-0.2, 0) is 0 Å². The Hall–Kier alpha value is -1.84. The van der Waals surface area contributed by atoms with Crippen molar-refractivity contribution in [1.82, 2.24) is 10.6 Å². The smallest absolute Gasteiger partial charge is 0.0938 e. The molecule has 0 saturated heterocycles. The van der Waals surface area contributed by atoms with E-state index in [1.54, 1.807) is 0 Å². The van der Waals surface area contributed by atoms with Crippen LogP contribution >= 0.6 is 0 Å². The number of rotatable bonds is 2. The normalized spacial score (nSPS) is 26.3. The molecule has 2 unspecified atom stereocenters. The fourth-order valence-electron chi connectivity index (χ4n) is 2.48. The van der Waals surface area contributed by atoms with Crippen LogP contribution in [0, 0.1) is 0 Å². The summed E-state index contributed by atoms with van der Waals surface area (Å²) < 4.78 is 0. The number of nitrogens with one attached hydrogen (secondary N) is 2. The van der Waals surface area contributed by atoms with E-state index in [9.17, 15) is 0 Å². The average molecular weight is 242 g/mol. The van der Waals surface area contributed by atoms with Crippen molar-refractivity contribution in [2.45, 2.75) is 25.9 Å². The van der Waals surface area contributed by atoms with Crippen molar-refractivity contribution in [2.24, 2.45) is 9.98 Å². The van der Waals surface area contributed by atoms with Gasteiger partial charge in [0.1, 0.15) is 0 Å². The van der Waals surface area contributed by atoms with Gasteiger partial charge in [0.2, 0.25) is 0 Å². The Labute approximate surface area is 107 Å². The van der Waals surface area contributed by atoms with Crippen molar-refractivity contribution in [2.75, 3.05) is 13.1 Å². The molecule has 0 radical (unpaired) electrons. The summed E-state index contributed by atoms with van der Waals surface area (Å²) in [6.07, 6.45) is 0. The summed E-state index contributed by atoms with van der Waals surface area (Å²) in [6.45, 7) is 5.71. The second-order valence-electron chi connectivity index (χ2n) is 4.91. The van der Waals surface area contributed by atoms with Gasteiger partial charge in [-0.25, -0.2) is 0 Å². The summed E-state index contributed by atoms with van der Waals surface area (Å²) in [6, 6.07) is 9.45. The van der Waals surface area contributed by atoms with Gasteiger partial charge in [-0.2, -0.15) is 0 Å². The summed E-state index contributed by atoms with van der Waals surface area (Å²) in [7, 11) is 0. The van der Waals surface area contributed by atoms with E-state index in [2.05, 4.69) is 44.9 Å². The molecule has 0 saturated carbocycles.